The molecule has 0 amide bonds. The molecule has 2 aromatic carbocycles. The number of fused-ring (bicyclic) bond motifs is 1. The quantitative estimate of drug-likeness (QED) is 0.723. The molecule has 0 fully saturated rings. The normalized spacial score (nSPS) is 10.8. The number of anilines is 2. The minimum atomic E-state index is 0.794. The SMILES string of the molecule is CN(Cc1cccc(N)c1)c1coc2ccccc12. The van der Waals surface area contributed by atoms with Crippen molar-refractivity contribution in [2.24, 2.45) is 0 Å². The van der Waals surface area contributed by atoms with Gasteiger partial charge in [-0.25, -0.2) is 0 Å². The molecule has 0 aliphatic heterocycles. The van der Waals surface area contributed by atoms with Gasteiger partial charge in [0.25, 0.3) is 0 Å². The minimum Gasteiger partial charge on any atom is -0.462 e. The number of furan rings is 1. The molecule has 3 nitrogen and oxygen atoms in total. The van der Waals surface area contributed by atoms with Crippen molar-refractivity contribution in [3.05, 3.63) is 60.4 Å². The molecule has 3 rings (SSSR count). The summed E-state index contributed by atoms with van der Waals surface area (Å²) in [4.78, 5) is 2.17. The van der Waals surface area contributed by atoms with Gasteiger partial charge in [0.1, 0.15) is 11.8 Å². The maximum atomic E-state index is 5.81. The van der Waals surface area contributed by atoms with Gasteiger partial charge in [-0.2, -0.15) is 0 Å². The first-order valence-corrected chi connectivity index (χ1v) is 6.26. The Hall–Kier alpha value is -2.42. The van der Waals surface area contributed by atoms with Gasteiger partial charge < -0.3 is 15.1 Å². The molecule has 0 aliphatic carbocycles. The van der Waals surface area contributed by atoms with Gasteiger partial charge in [0, 0.05) is 24.7 Å². The van der Waals surface area contributed by atoms with E-state index in [4.69, 9.17) is 10.2 Å². The maximum absolute atomic E-state index is 5.81. The van der Waals surface area contributed by atoms with Crippen LogP contribution in [0.15, 0.2) is 59.2 Å². The predicted octanol–water partition coefficient (Wildman–Crippen LogP) is 3.65. The Morgan fingerprint density at radius 1 is 1.11 bits per heavy atom. The number of hydrogen-bond acceptors (Lipinski definition) is 3. The highest BCUT2D eigenvalue weighted by Crippen LogP contribution is 2.29. The van der Waals surface area contributed by atoms with Gasteiger partial charge in [-0.05, 0) is 29.8 Å². The Kier molecular flexibility index (Phi) is 2.88. The lowest BCUT2D eigenvalue weighted by molar-refractivity contribution is 0.614. The van der Waals surface area contributed by atoms with Crippen LogP contribution in [-0.4, -0.2) is 7.05 Å². The van der Waals surface area contributed by atoms with Crippen molar-refractivity contribution >= 4 is 22.3 Å². The van der Waals surface area contributed by atoms with Crippen molar-refractivity contribution in [3.8, 4) is 0 Å². The van der Waals surface area contributed by atoms with Gasteiger partial charge in [-0.3, -0.25) is 0 Å². The third-order valence-electron chi connectivity index (χ3n) is 3.24. The van der Waals surface area contributed by atoms with Crippen molar-refractivity contribution in [2.75, 3.05) is 17.7 Å². The number of nitrogens with zero attached hydrogens (tertiary/aromatic N) is 1. The molecule has 0 bridgehead atoms. The van der Waals surface area contributed by atoms with E-state index in [2.05, 4.69) is 24.1 Å². The van der Waals surface area contributed by atoms with Crippen LogP contribution < -0.4 is 10.6 Å². The van der Waals surface area contributed by atoms with Gasteiger partial charge >= 0.3 is 0 Å². The monoisotopic (exact) mass is 252 g/mol. The summed E-state index contributed by atoms with van der Waals surface area (Å²) < 4.78 is 5.57. The third-order valence-corrected chi connectivity index (χ3v) is 3.24. The highest BCUT2D eigenvalue weighted by atomic mass is 16.3. The number of benzene rings is 2. The highest BCUT2D eigenvalue weighted by Gasteiger charge is 2.09. The average molecular weight is 252 g/mol. The molecule has 0 spiro atoms. The fourth-order valence-electron chi connectivity index (χ4n) is 2.31. The lowest BCUT2D eigenvalue weighted by Crippen LogP contribution is -2.15. The Labute approximate surface area is 112 Å². The number of nitrogen functional groups attached to an aromatic ring is 1. The first kappa shape index (κ1) is 11.7. The van der Waals surface area contributed by atoms with Gasteiger partial charge in [-0.1, -0.05) is 24.3 Å². The molecule has 3 aromatic rings. The second-order valence-corrected chi connectivity index (χ2v) is 4.72. The summed E-state index contributed by atoms with van der Waals surface area (Å²) in [6, 6.07) is 16.0. The third kappa shape index (κ3) is 2.27. The maximum Gasteiger partial charge on any atom is 0.136 e. The topological polar surface area (TPSA) is 42.4 Å². The molecular weight excluding hydrogens is 236 g/mol. The Balaban J connectivity index is 1.90. The van der Waals surface area contributed by atoms with Crippen molar-refractivity contribution in [2.45, 2.75) is 6.54 Å². The summed E-state index contributed by atoms with van der Waals surface area (Å²) in [6.45, 7) is 0.800. The van der Waals surface area contributed by atoms with E-state index in [1.54, 1.807) is 6.26 Å². The zero-order valence-electron chi connectivity index (χ0n) is 10.8. The van der Waals surface area contributed by atoms with Crippen LogP contribution in [0.4, 0.5) is 11.4 Å². The molecule has 3 heteroatoms. The van der Waals surface area contributed by atoms with Crippen molar-refractivity contribution in [1.29, 1.82) is 0 Å². The van der Waals surface area contributed by atoms with Crippen LogP contribution in [0.1, 0.15) is 5.56 Å². The first-order chi connectivity index (χ1) is 9.24. The molecule has 2 N–H and O–H groups in total. The summed E-state index contributed by atoms with van der Waals surface area (Å²) in [5.41, 5.74) is 9.80. The molecule has 0 unspecified atom stereocenters. The summed E-state index contributed by atoms with van der Waals surface area (Å²) >= 11 is 0. The summed E-state index contributed by atoms with van der Waals surface area (Å²) in [6.07, 6.45) is 1.80. The number of para-hydroxylation sites is 1. The smallest absolute Gasteiger partial charge is 0.136 e. The van der Waals surface area contributed by atoms with E-state index in [0.29, 0.717) is 0 Å². The van der Waals surface area contributed by atoms with Gasteiger partial charge in [0.2, 0.25) is 0 Å². The van der Waals surface area contributed by atoms with E-state index < -0.39 is 0 Å². The fourth-order valence-corrected chi connectivity index (χ4v) is 2.31. The van der Waals surface area contributed by atoms with Crippen molar-refractivity contribution < 1.29 is 4.42 Å². The van der Waals surface area contributed by atoms with Crippen LogP contribution in [0.5, 0.6) is 0 Å². The van der Waals surface area contributed by atoms with E-state index in [1.807, 2.05) is 36.4 Å². The average Bonchev–Trinajstić information content (AvgIpc) is 2.82. The lowest BCUT2D eigenvalue weighted by Gasteiger charge is -2.18. The number of nitrogens with two attached hydrogens (primary N) is 1. The van der Waals surface area contributed by atoms with E-state index in [0.717, 1.165) is 28.9 Å². The van der Waals surface area contributed by atoms with Crippen molar-refractivity contribution in [3.63, 3.8) is 0 Å². The molecular formula is C16H16N2O. The zero-order chi connectivity index (χ0) is 13.2. The van der Waals surface area contributed by atoms with E-state index in [9.17, 15) is 0 Å². The number of rotatable bonds is 3. The Morgan fingerprint density at radius 3 is 2.79 bits per heavy atom. The molecule has 0 saturated carbocycles. The largest absolute Gasteiger partial charge is 0.462 e. The summed E-state index contributed by atoms with van der Waals surface area (Å²) in [7, 11) is 2.06. The summed E-state index contributed by atoms with van der Waals surface area (Å²) in [5.74, 6) is 0. The fraction of sp³-hybridized carbons (Fsp3) is 0.125. The lowest BCUT2D eigenvalue weighted by atomic mass is 10.1. The van der Waals surface area contributed by atoms with Gasteiger partial charge in [0.15, 0.2) is 0 Å². The van der Waals surface area contributed by atoms with Gasteiger partial charge in [0.05, 0.1) is 5.69 Å². The van der Waals surface area contributed by atoms with E-state index in [-0.39, 0.29) is 0 Å². The second kappa shape index (κ2) is 4.69. The standard InChI is InChI=1S/C16H16N2O/c1-18(10-12-5-4-6-13(17)9-12)15-11-19-16-8-3-2-7-14(15)16/h2-9,11H,10,17H2,1H3. The molecule has 1 aromatic heterocycles. The Bertz CT molecular complexity index is 703. The van der Waals surface area contributed by atoms with Gasteiger partial charge in [-0.15, -0.1) is 0 Å². The minimum absolute atomic E-state index is 0.794. The van der Waals surface area contributed by atoms with E-state index in [1.165, 1.54) is 5.56 Å². The van der Waals surface area contributed by atoms with Crippen LogP contribution in [0, 0.1) is 0 Å². The second-order valence-electron chi connectivity index (χ2n) is 4.72. The molecule has 0 aliphatic rings. The molecule has 0 atom stereocenters. The van der Waals surface area contributed by atoms with Crippen LogP contribution in [-0.2, 0) is 6.54 Å². The first-order valence-electron chi connectivity index (χ1n) is 6.26. The van der Waals surface area contributed by atoms with Crippen LogP contribution >= 0.6 is 0 Å². The van der Waals surface area contributed by atoms with Crippen LogP contribution in [0.2, 0.25) is 0 Å². The van der Waals surface area contributed by atoms with E-state index >= 15 is 0 Å². The summed E-state index contributed by atoms with van der Waals surface area (Å²) in [5, 5.41) is 1.13. The van der Waals surface area contributed by atoms with Crippen LogP contribution in [0.3, 0.4) is 0 Å². The van der Waals surface area contributed by atoms with Crippen LogP contribution in [0.25, 0.3) is 11.0 Å². The predicted molar refractivity (Wildman–Crippen MR) is 79.2 cm³/mol. The number of hydrogen-bond donors (Lipinski definition) is 1. The molecule has 0 saturated heterocycles. The van der Waals surface area contributed by atoms with Crippen molar-refractivity contribution in [1.82, 2.24) is 0 Å². The molecule has 96 valence electrons. The Morgan fingerprint density at radius 2 is 1.95 bits per heavy atom. The highest BCUT2D eigenvalue weighted by molar-refractivity contribution is 5.90. The molecule has 0 radical (unpaired) electrons. The molecule has 19 heavy (non-hydrogen) atoms. The molecule has 1 heterocycles. The zero-order valence-corrected chi connectivity index (χ0v) is 10.8.